The van der Waals surface area contributed by atoms with Crippen LogP contribution in [0.25, 0.3) is 0 Å². The van der Waals surface area contributed by atoms with Crippen LogP contribution in [0.1, 0.15) is 6.92 Å². The van der Waals surface area contributed by atoms with Crippen LogP contribution in [0, 0.1) is 5.41 Å². The van der Waals surface area contributed by atoms with Crippen LogP contribution in [0.2, 0.25) is 0 Å². The maximum atomic E-state index is 10.0. The molecule has 0 heterocycles. The predicted octanol–water partition coefficient (Wildman–Crippen LogP) is -0.908. The number of nitrogens with one attached hydrogen (secondary N) is 2. The molecule has 4 heteroatoms. The summed E-state index contributed by atoms with van der Waals surface area (Å²) in [6.07, 6.45) is 0. The Bertz CT molecular complexity index is 111. The molecule has 8 heavy (non-hydrogen) atoms. The van der Waals surface area contributed by atoms with Crippen LogP contribution in [0.15, 0.2) is 0 Å². The van der Waals surface area contributed by atoms with E-state index < -0.39 is 6.61 Å². The van der Waals surface area contributed by atoms with Gasteiger partial charge in [-0.25, -0.2) is 0 Å². The van der Waals surface area contributed by atoms with Gasteiger partial charge >= 0.3 is 0 Å². The number of carbonyl (C=O) groups excluding carboxylic acids is 1. The summed E-state index contributed by atoms with van der Waals surface area (Å²) in [5, 5.41) is 16.9. The van der Waals surface area contributed by atoms with Gasteiger partial charge in [-0.1, -0.05) is 0 Å². The molecule has 0 fully saturated rings. The number of carbonyl (C=O) groups is 1. The van der Waals surface area contributed by atoms with Gasteiger partial charge < -0.3 is 10.4 Å². The van der Waals surface area contributed by atoms with Crippen molar-refractivity contribution in [3.63, 3.8) is 0 Å². The number of hydrogen-bond acceptors (Lipinski definition) is 3. The van der Waals surface area contributed by atoms with Gasteiger partial charge in [-0.2, -0.15) is 0 Å². The van der Waals surface area contributed by atoms with Crippen molar-refractivity contribution in [1.82, 2.24) is 5.32 Å². The van der Waals surface area contributed by atoms with Crippen molar-refractivity contribution >= 4 is 11.7 Å². The first kappa shape index (κ1) is 7.10. The van der Waals surface area contributed by atoms with Gasteiger partial charge in [0.1, 0.15) is 12.4 Å². The van der Waals surface area contributed by atoms with Crippen molar-refractivity contribution in [2.24, 2.45) is 0 Å². The van der Waals surface area contributed by atoms with Gasteiger partial charge in [0.15, 0.2) is 0 Å². The van der Waals surface area contributed by atoms with E-state index in [9.17, 15) is 4.79 Å². The third kappa shape index (κ3) is 3.30. The summed E-state index contributed by atoms with van der Waals surface area (Å²) in [4.78, 5) is 10.0. The average molecular weight is 116 g/mol. The predicted molar refractivity (Wildman–Crippen MR) is 28.6 cm³/mol. The Kier molecular flexibility index (Phi) is 2.79. The van der Waals surface area contributed by atoms with Gasteiger partial charge in [0.25, 0.3) is 0 Å². The van der Waals surface area contributed by atoms with Crippen LogP contribution < -0.4 is 5.32 Å². The standard InChI is InChI=1S/C4H8N2O2/c1-3(8)6-4(5)2-7/h7H,2H2,1H3,(H2,5,6,8). The van der Waals surface area contributed by atoms with E-state index in [-0.39, 0.29) is 11.7 Å². The highest BCUT2D eigenvalue weighted by Crippen LogP contribution is 1.62. The van der Waals surface area contributed by atoms with E-state index in [0.717, 1.165) is 0 Å². The number of amidine groups is 1. The third-order valence-electron chi connectivity index (χ3n) is 0.485. The number of rotatable bonds is 1. The molecule has 0 aromatic carbocycles. The van der Waals surface area contributed by atoms with E-state index in [1.165, 1.54) is 6.92 Å². The van der Waals surface area contributed by atoms with Gasteiger partial charge in [-0.15, -0.1) is 0 Å². The topological polar surface area (TPSA) is 73.2 Å². The SMILES string of the molecule is CC(=O)NC(=N)CO. The molecule has 46 valence electrons. The van der Waals surface area contributed by atoms with E-state index in [0.29, 0.717) is 0 Å². The average Bonchev–Trinajstić information content (AvgIpc) is 1.65. The molecule has 3 N–H and O–H groups in total. The Morgan fingerprint density at radius 1 is 1.88 bits per heavy atom. The Morgan fingerprint density at radius 3 is 2.50 bits per heavy atom. The second-order valence-electron chi connectivity index (χ2n) is 1.32. The molecule has 4 nitrogen and oxygen atoms in total. The summed E-state index contributed by atoms with van der Waals surface area (Å²) in [6.45, 7) is 0.865. The van der Waals surface area contributed by atoms with Crippen molar-refractivity contribution in [3.05, 3.63) is 0 Å². The minimum Gasteiger partial charge on any atom is -0.388 e. The molecule has 0 aliphatic carbocycles. The first-order valence-electron chi connectivity index (χ1n) is 2.12. The maximum Gasteiger partial charge on any atom is 0.222 e. The molecular formula is C4H8N2O2. The first-order valence-corrected chi connectivity index (χ1v) is 2.12. The highest BCUT2D eigenvalue weighted by molar-refractivity contribution is 5.95. The molecule has 0 aliphatic heterocycles. The van der Waals surface area contributed by atoms with Crippen LogP contribution in [-0.2, 0) is 4.79 Å². The second-order valence-corrected chi connectivity index (χ2v) is 1.32. The third-order valence-corrected chi connectivity index (χ3v) is 0.485. The lowest BCUT2D eigenvalue weighted by molar-refractivity contribution is -0.117. The number of hydrogen-bond donors (Lipinski definition) is 3. The zero-order valence-electron chi connectivity index (χ0n) is 4.56. The molecule has 0 aromatic heterocycles. The molecule has 0 atom stereocenters. The fourth-order valence-electron chi connectivity index (χ4n) is 0.252. The normalized spacial score (nSPS) is 8.25. The highest BCUT2D eigenvalue weighted by Gasteiger charge is 1.92. The summed E-state index contributed by atoms with van der Waals surface area (Å²) < 4.78 is 0. The summed E-state index contributed by atoms with van der Waals surface area (Å²) in [7, 11) is 0. The van der Waals surface area contributed by atoms with Crippen molar-refractivity contribution in [3.8, 4) is 0 Å². The minimum atomic E-state index is -0.417. The Balaban J connectivity index is 3.40. The lowest BCUT2D eigenvalue weighted by Crippen LogP contribution is -2.29. The molecule has 0 saturated heterocycles. The molecule has 0 aromatic rings. The summed E-state index contributed by atoms with van der Waals surface area (Å²) in [6, 6.07) is 0. The van der Waals surface area contributed by atoms with Gasteiger partial charge in [0.2, 0.25) is 5.91 Å². The van der Waals surface area contributed by atoms with Crippen LogP contribution in [0.4, 0.5) is 0 Å². The number of aliphatic hydroxyl groups is 1. The second kappa shape index (κ2) is 3.15. The van der Waals surface area contributed by atoms with Crippen LogP contribution >= 0.6 is 0 Å². The largest absolute Gasteiger partial charge is 0.388 e. The molecule has 0 radical (unpaired) electrons. The van der Waals surface area contributed by atoms with Crippen molar-refractivity contribution in [2.75, 3.05) is 6.61 Å². The molecular weight excluding hydrogens is 108 g/mol. The number of aliphatic hydroxyl groups excluding tert-OH is 1. The van der Waals surface area contributed by atoms with Gasteiger partial charge in [0, 0.05) is 6.92 Å². The minimum absolute atomic E-state index is 0.169. The monoisotopic (exact) mass is 116 g/mol. The van der Waals surface area contributed by atoms with E-state index in [1.54, 1.807) is 0 Å². The van der Waals surface area contributed by atoms with Crippen LogP contribution in [0.5, 0.6) is 0 Å². The van der Waals surface area contributed by atoms with E-state index >= 15 is 0 Å². The fourth-order valence-corrected chi connectivity index (χ4v) is 0.252. The Morgan fingerprint density at radius 2 is 2.38 bits per heavy atom. The fraction of sp³-hybridized carbons (Fsp3) is 0.500. The molecule has 0 unspecified atom stereocenters. The quantitative estimate of drug-likeness (QED) is 0.306. The summed E-state index contributed by atoms with van der Waals surface area (Å²) >= 11 is 0. The van der Waals surface area contributed by atoms with E-state index in [4.69, 9.17) is 10.5 Å². The summed E-state index contributed by atoms with van der Waals surface area (Å²) in [5.74, 6) is -0.499. The van der Waals surface area contributed by atoms with Crippen LogP contribution in [-0.4, -0.2) is 23.5 Å². The molecule has 0 saturated carbocycles. The smallest absolute Gasteiger partial charge is 0.222 e. The summed E-state index contributed by atoms with van der Waals surface area (Å²) in [5.41, 5.74) is 0. The van der Waals surface area contributed by atoms with Gasteiger partial charge in [0.05, 0.1) is 0 Å². The zero-order chi connectivity index (χ0) is 6.57. The van der Waals surface area contributed by atoms with Crippen molar-refractivity contribution in [1.29, 1.82) is 5.41 Å². The lowest BCUT2D eigenvalue weighted by atomic mass is 10.6. The van der Waals surface area contributed by atoms with Crippen molar-refractivity contribution in [2.45, 2.75) is 6.92 Å². The molecule has 0 aliphatic rings. The number of amides is 1. The Hall–Kier alpha value is -0.900. The molecule has 0 bridgehead atoms. The lowest BCUT2D eigenvalue weighted by Gasteiger charge is -1.96. The van der Waals surface area contributed by atoms with E-state index in [2.05, 4.69) is 5.32 Å². The zero-order valence-corrected chi connectivity index (χ0v) is 4.56. The van der Waals surface area contributed by atoms with Crippen LogP contribution in [0.3, 0.4) is 0 Å². The first-order chi connectivity index (χ1) is 3.66. The van der Waals surface area contributed by atoms with Crippen molar-refractivity contribution < 1.29 is 9.90 Å². The molecule has 1 amide bonds. The van der Waals surface area contributed by atoms with E-state index in [1.807, 2.05) is 0 Å². The highest BCUT2D eigenvalue weighted by atomic mass is 16.3. The van der Waals surface area contributed by atoms with Gasteiger partial charge in [-0.3, -0.25) is 10.2 Å². The molecule has 0 rings (SSSR count). The Labute approximate surface area is 47.0 Å². The molecule has 0 spiro atoms. The van der Waals surface area contributed by atoms with Gasteiger partial charge in [-0.05, 0) is 0 Å². The maximum absolute atomic E-state index is 10.0.